The Bertz CT molecular complexity index is 1220. The van der Waals surface area contributed by atoms with E-state index in [2.05, 4.69) is 5.16 Å². The number of benzene rings is 2. The van der Waals surface area contributed by atoms with Crippen molar-refractivity contribution in [3.05, 3.63) is 96.1 Å². The molecule has 0 aliphatic carbocycles. The minimum absolute atomic E-state index is 0.0501. The van der Waals surface area contributed by atoms with Crippen molar-refractivity contribution in [2.75, 3.05) is 7.11 Å². The van der Waals surface area contributed by atoms with Crippen molar-refractivity contribution in [2.24, 2.45) is 0 Å². The van der Waals surface area contributed by atoms with Crippen LogP contribution in [0.1, 0.15) is 17.0 Å². The van der Waals surface area contributed by atoms with Crippen molar-refractivity contribution < 1.29 is 22.1 Å². The molecule has 0 saturated heterocycles. The van der Waals surface area contributed by atoms with E-state index >= 15 is 0 Å². The zero-order chi connectivity index (χ0) is 21.7. The van der Waals surface area contributed by atoms with Crippen molar-refractivity contribution >= 4 is 10.0 Å². The van der Waals surface area contributed by atoms with Gasteiger partial charge in [-0.3, -0.25) is 0 Å². The Morgan fingerprint density at radius 3 is 2.48 bits per heavy atom. The lowest BCUT2D eigenvalue weighted by Gasteiger charge is -2.20. The number of sulfonamides is 1. The first-order valence-corrected chi connectivity index (χ1v) is 11.3. The number of aromatic nitrogens is 1. The number of ether oxygens (including phenoxy) is 1. The number of hydrogen-bond donors (Lipinski definition) is 0. The summed E-state index contributed by atoms with van der Waals surface area (Å²) in [6.45, 7) is 0.146. The van der Waals surface area contributed by atoms with Crippen molar-refractivity contribution in [2.45, 2.75) is 18.8 Å². The van der Waals surface area contributed by atoms with Crippen molar-refractivity contribution in [1.82, 2.24) is 9.46 Å². The second-order valence-corrected chi connectivity index (χ2v) is 8.94. The Morgan fingerprint density at radius 2 is 1.74 bits per heavy atom. The average molecular weight is 439 g/mol. The molecular weight excluding hydrogens is 416 g/mol. The number of rotatable bonds is 9. The molecule has 0 spiro atoms. The van der Waals surface area contributed by atoms with Crippen LogP contribution in [0.4, 0.5) is 0 Å². The summed E-state index contributed by atoms with van der Waals surface area (Å²) >= 11 is 0. The lowest BCUT2D eigenvalue weighted by molar-refractivity contribution is 0.343. The smallest absolute Gasteiger partial charge is 0.219 e. The molecule has 160 valence electrons. The predicted molar refractivity (Wildman–Crippen MR) is 116 cm³/mol. The highest BCUT2D eigenvalue weighted by Crippen LogP contribution is 2.30. The van der Waals surface area contributed by atoms with Crippen LogP contribution in [0.15, 0.2) is 88.0 Å². The van der Waals surface area contributed by atoms with E-state index in [1.165, 1.54) is 10.6 Å². The largest absolute Gasteiger partial charge is 0.496 e. The molecule has 0 radical (unpaired) electrons. The van der Waals surface area contributed by atoms with Gasteiger partial charge in [-0.15, -0.1) is 0 Å². The third kappa shape index (κ3) is 5.04. The molecular formula is C23H22N2O5S. The van der Waals surface area contributed by atoms with Crippen LogP contribution in [-0.4, -0.2) is 25.0 Å². The highest BCUT2D eigenvalue weighted by atomic mass is 32.2. The maximum atomic E-state index is 13.2. The minimum Gasteiger partial charge on any atom is -0.496 e. The summed E-state index contributed by atoms with van der Waals surface area (Å²) in [5, 5.41) is 4.09. The van der Waals surface area contributed by atoms with E-state index in [1.54, 1.807) is 37.4 Å². The fraction of sp³-hybridized carbons (Fsp3) is 0.174. The van der Waals surface area contributed by atoms with E-state index < -0.39 is 10.0 Å². The van der Waals surface area contributed by atoms with Gasteiger partial charge in [-0.25, -0.2) is 8.42 Å². The molecule has 0 aliphatic rings. The highest BCUT2D eigenvalue weighted by molar-refractivity contribution is 7.88. The third-order valence-corrected chi connectivity index (χ3v) is 6.51. The summed E-state index contributed by atoms with van der Waals surface area (Å²) in [5.41, 5.74) is 1.94. The van der Waals surface area contributed by atoms with Gasteiger partial charge >= 0.3 is 0 Å². The lowest BCUT2D eigenvalue weighted by Crippen LogP contribution is -2.31. The predicted octanol–water partition coefficient (Wildman–Crippen LogP) is 4.48. The summed E-state index contributed by atoms with van der Waals surface area (Å²) in [5.74, 6) is 1.58. The molecule has 2 heterocycles. The first kappa shape index (κ1) is 20.9. The van der Waals surface area contributed by atoms with Gasteiger partial charge in [-0.2, -0.15) is 4.31 Å². The lowest BCUT2D eigenvalue weighted by atomic mass is 10.1. The Balaban J connectivity index is 1.60. The first-order chi connectivity index (χ1) is 15.0. The Kier molecular flexibility index (Phi) is 6.20. The molecule has 4 rings (SSSR count). The summed E-state index contributed by atoms with van der Waals surface area (Å²) in [6, 6.07) is 21.7. The summed E-state index contributed by atoms with van der Waals surface area (Å²) in [6.07, 6.45) is 1.52. The molecule has 8 heteroatoms. The van der Waals surface area contributed by atoms with Crippen LogP contribution in [0, 0.1) is 0 Å². The van der Waals surface area contributed by atoms with E-state index in [-0.39, 0.29) is 18.8 Å². The number of furan rings is 1. The maximum Gasteiger partial charge on any atom is 0.219 e. The molecule has 0 amide bonds. The van der Waals surface area contributed by atoms with Gasteiger partial charge in [0.15, 0.2) is 5.76 Å². The SMILES string of the molecule is COc1ccccc1-c1cc(CN(Cc2ccco2)S(=O)(=O)Cc2ccccc2)no1. The van der Waals surface area contributed by atoms with Crippen LogP contribution in [0.2, 0.25) is 0 Å². The van der Waals surface area contributed by atoms with Crippen LogP contribution in [-0.2, 0) is 28.9 Å². The molecule has 0 saturated carbocycles. The van der Waals surface area contributed by atoms with E-state index in [9.17, 15) is 8.42 Å². The van der Waals surface area contributed by atoms with Gasteiger partial charge in [0, 0.05) is 6.07 Å². The molecule has 0 atom stereocenters. The van der Waals surface area contributed by atoms with Crippen LogP contribution >= 0.6 is 0 Å². The molecule has 0 unspecified atom stereocenters. The topological polar surface area (TPSA) is 85.8 Å². The normalized spacial score (nSPS) is 11.7. The zero-order valence-corrected chi connectivity index (χ0v) is 17.8. The number of para-hydroxylation sites is 1. The summed E-state index contributed by atoms with van der Waals surface area (Å²) in [7, 11) is -2.07. The van der Waals surface area contributed by atoms with Gasteiger partial charge in [0.2, 0.25) is 10.0 Å². The van der Waals surface area contributed by atoms with E-state index in [1.807, 2.05) is 42.5 Å². The van der Waals surface area contributed by atoms with Gasteiger partial charge in [-0.05, 0) is 29.8 Å². The number of nitrogens with zero attached hydrogens (tertiary/aromatic N) is 2. The van der Waals surface area contributed by atoms with Crippen molar-refractivity contribution in [3.8, 4) is 17.1 Å². The van der Waals surface area contributed by atoms with E-state index in [0.717, 1.165) is 5.56 Å². The Morgan fingerprint density at radius 1 is 0.968 bits per heavy atom. The van der Waals surface area contributed by atoms with Gasteiger partial charge in [-0.1, -0.05) is 47.6 Å². The molecule has 0 fully saturated rings. The minimum atomic E-state index is -3.65. The number of methoxy groups -OCH3 is 1. The second-order valence-electron chi connectivity index (χ2n) is 6.97. The van der Waals surface area contributed by atoms with Gasteiger partial charge in [0.25, 0.3) is 0 Å². The maximum absolute atomic E-state index is 13.2. The summed E-state index contributed by atoms with van der Waals surface area (Å²) in [4.78, 5) is 0. The molecule has 0 N–H and O–H groups in total. The number of hydrogen-bond acceptors (Lipinski definition) is 6. The molecule has 4 aromatic rings. The second kappa shape index (κ2) is 9.20. The molecule has 0 aliphatic heterocycles. The quantitative estimate of drug-likeness (QED) is 0.383. The van der Waals surface area contributed by atoms with Crippen molar-refractivity contribution in [3.63, 3.8) is 0 Å². The van der Waals surface area contributed by atoms with Gasteiger partial charge < -0.3 is 13.7 Å². The molecule has 7 nitrogen and oxygen atoms in total. The van der Waals surface area contributed by atoms with E-state index in [0.29, 0.717) is 28.5 Å². The Hall–Kier alpha value is -3.36. The van der Waals surface area contributed by atoms with E-state index in [4.69, 9.17) is 13.7 Å². The van der Waals surface area contributed by atoms with Gasteiger partial charge in [0.1, 0.15) is 11.5 Å². The van der Waals surface area contributed by atoms with Crippen LogP contribution in [0.5, 0.6) is 5.75 Å². The Labute approximate surface area is 180 Å². The summed E-state index contributed by atoms with van der Waals surface area (Å²) < 4.78 is 44.0. The van der Waals surface area contributed by atoms with Crippen LogP contribution in [0.3, 0.4) is 0 Å². The standard InChI is InChI=1S/C23H22N2O5S/c1-28-22-12-6-5-11-21(22)23-14-19(24-30-23)15-25(16-20-10-7-13-29-20)31(26,27)17-18-8-3-2-4-9-18/h2-14H,15-17H2,1H3. The zero-order valence-electron chi connectivity index (χ0n) is 17.0. The fourth-order valence-corrected chi connectivity index (χ4v) is 4.70. The molecule has 31 heavy (non-hydrogen) atoms. The molecule has 2 aromatic carbocycles. The first-order valence-electron chi connectivity index (χ1n) is 9.68. The average Bonchev–Trinajstić information content (AvgIpc) is 3.46. The third-order valence-electron chi connectivity index (χ3n) is 4.77. The van der Waals surface area contributed by atoms with Crippen molar-refractivity contribution in [1.29, 1.82) is 0 Å². The molecule has 2 aromatic heterocycles. The molecule has 0 bridgehead atoms. The fourth-order valence-electron chi connectivity index (χ4n) is 3.25. The highest BCUT2D eigenvalue weighted by Gasteiger charge is 2.26. The van der Waals surface area contributed by atoms with Crippen LogP contribution < -0.4 is 4.74 Å². The monoisotopic (exact) mass is 438 g/mol. The van der Waals surface area contributed by atoms with Gasteiger partial charge in [0.05, 0.1) is 43.5 Å². The van der Waals surface area contributed by atoms with Crippen LogP contribution in [0.25, 0.3) is 11.3 Å².